The van der Waals surface area contributed by atoms with E-state index >= 15 is 0 Å². The highest BCUT2D eigenvalue weighted by atomic mass is 79.9. The fraction of sp³-hybridized carbons (Fsp3) is 0.393. The molecule has 2 N–H and O–H groups in total. The number of carbonyl (C=O) groups is 1. The SMILES string of the molecule is CCCCOc1c(Br)cc(C2C(C(=O)Nc3ccccc3OCC)=C(C)Nc3nc(SCC)nn32)cc1OC. The van der Waals surface area contributed by atoms with E-state index in [-0.39, 0.29) is 5.91 Å². The van der Waals surface area contributed by atoms with Crippen LogP contribution in [-0.2, 0) is 4.79 Å². The lowest BCUT2D eigenvalue weighted by molar-refractivity contribution is -0.113. The lowest BCUT2D eigenvalue weighted by atomic mass is 9.94. The Labute approximate surface area is 241 Å². The number of anilines is 2. The molecule has 1 aliphatic heterocycles. The third-order valence-electron chi connectivity index (χ3n) is 6.10. The van der Waals surface area contributed by atoms with E-state index in [0.29, 0.717) is 58.5 Å². The first-order valence-electron chi connectivity index (χ1n) is 13.0. The smallest absolute Gasteiger partial charge is 0.255 e. The molecule has 2 aromatic carbocycles. The van der Waals surface area contributed by atoms with Crippen molar-refractivity contribution in [2.24, 2.45) is 0 Å². The molecule has 0 aliphatic carbocycles. The van der Waals surface area contributed by atoms with Gasteiger partial charge in [0.15, 0.2) is 11.5 Å². The van der Waals surface area contributed by atoms with Gasteiger partial charge in [-0.15, -0.1) is 5.10 Å². The van der Waals surface area contributed by atoms with Crippen molar-refractivity contribution in [1.29, 1.82) is 0 Å². The number of unbranched alkanes of at least 4 members (excludes halogenated alkanes) is 1. The second-order valence-electron chi connectivity index (χ2n) is 8.78. The summed E-state index contributed by atoms with van der Waals surface area (Å²) in [5.74, 6) is 2.91. The van der Waals surface area contributed by atoms with E-state index in [0.717, 1.165) is 28.6 Å². The molecule has 0 saturated heterocycles. The van der Waals surface area contributed by atoms with Gasteiger partial charge < -0.3 is 24.8 Å². The van der Waals surface area contributed by atoms with Crippen LogP contribution in [0, 0.1) is 0 Å². The van der Waals surface area contributed by atoms with Gasteiger partial charge in [0.1, 0.15) is 11.8 Å². The summed E-state index contributed by atoms with van der Waals surface area (Å²) in [6.45, 7) is 9.01. The Kier molecular flexibility index (Phi) is 9.79. The number of amides is 1. The van der Waals surface area contributed by atoms with Gasteiger partial charge in [-0.2, -0.15) is 4.98 Å². The van der Waals surface area contributed by atoms with Crippen LogP contribution in [0.3, 0.4) is 0 Å². The molecule has 9 nitrogen and oxygen atoms in total. The zero-order valence-electron chi connectivity index (χ0n) is 22.8. The molecule has 4 rings (SSSR count). The number of thioether (sulfide) groups is 1. The molecule has 0 radical (unpaired) electrons. The number of aromatic nitrogens is 3. The molecular formula is C28H34BrN5O4S. The Balaban J connectivity index is 1.80. The van der Waals surface area contributed by atoms with E-state index in [2.05, 4.69) is 38.5 Å². The summed E-state index contributed by atoms with van der Waals surface area (Å²) >= 11 is 5.22. The van der Waals surface area contributed by atoms with Gasteiger partial charge in [0.2, 0.25) is 11.1 Å². The Morgan fingerprint density at radius 3 is 2.69 bits per heavy atom. The minimum absolute atomic E-state index is 0.277. The number of benzene rings is 2. The van der Waals surface area contributed by atoms with Crippen LogP contribution in [0.5, 0.6) is 17.2 Å². The molecule has 1 aliphatic rings. The number of nitrogens with one attached hydrogen (secondary N) is 2. The largest absolute Gasteiger partial charge is 0.493 e. The number of hydrogen-bond acceptors (Lipinski definition) is 8. The van der Waals surface area contributed by atoms with Crippen LogP contribution >= 0.6 is 27.7 Å². The molecule has 39 heavy (non-hydrogen) atoms. The number of halogens is 1. The first kappa shape index (κ1) is 28.8. The quantitative estimate of drug-likeness (QED) is 0.172. The predicted octanol–water partition coefficient (Wildman–Crippen LogP) is 6.67. The van der Waals surface area contributed by atoms with Crippen molar-refractivity contribution in [1.82, 2.24) is 14.8 Å². The van der Waals surface area contributed by atoms with Crippen molar-refractivity contribution >= 4 is 45.2 Å². The van der Waals surface area contributed by atoms with Crippen molar-refractivity contribution in [2.75, 3.05) is 36.7 Å². The van der Waals surface area contributed by atoms with Crippen molar-refractivity contribution < 1.29 is 19.0 Å². The van der Waals surface area contributed by atoms with Crippen LogP contribution in [-0.4, -0.2) is 46.7 Å². The van der Waals surface area contributed by atoms with Gasteiger partial charge in [-0.1, -0.05) is 44.2 Å². The first-order chi connectivity index (χ1) is 18.9. The molecule has 0 spiro atoms. The molecule has 0 saturated carbocycles. The van der Waals surface area contributed by atoms with Crippen molar-refractivity contribution in [2.45, 2.75) is 51.7 Å². The number of nitrogens with zero attached hydrogens (tertiary/aromatic N) is 3. The van der Waals surface area contributed by atoms with Gasteiger partial charge in [-0.05, 0) is 71.8 Å². The van der Waals surface area contributed by atoms with Crippen LogP contribution in [0.4, 0.5) is 11.6 Å². The van der Waals surface area contributed by atoms with E-state index in [1.165, 1.54) is 11.8 Å². The van der Waals surface area contributed by atoms with E-state index < -0.39 is 6.04 Å². The highest BCUT2D eigenvalue weighted by molar-refractivity contribution is 9.10. The first-order valence-corrected chi connectivity index (χ1v) is 14.8. The molecule has 0 fully saturated rings. The Morgan fingerprint density at radius 2 is 1.97 bits per heavy atom. The zero-order valence-corrected chi connectivity index (χ0v) is 25.2. The standard InChI is InChI=1S/C28H34BrN5O4S/c1-6-9-14-38-25-19(29)15-18(16-22(25)36-5)24-23(17(4)30-27-32-28(39-8-3)33-34(24)27)26(35)31-20-12-10-11-13-21(20)37-7-2/h10-13,15-16,24H,6-9,14H2,1-5H3,(H,31,35)(H,30,32,33). The van der Waals surface area contributed by atoms with Crippen LogP contribution in [0.1, 0.15) is 52.1 Å². The lowest BCUT2D eigenvalue weighted by Crippen LogP contribution is -2.31. The summed E-state index contributed by atoms with van der Waals surface area (Å²) in [7, 11) is 1.61. The van der Waals surface area contributed by atoms with Crippen LogP contribution in [0.2, 0.25) is 0 Å². The molecule has 0 bridgehead atoms. The van der Waals surface area contributed by atoms with Crippen molar-refractivity contribution in [3.8, 4) is 17.2 Å². The van der Waals surface area contributed by atoms with Crippen LogP contribution in [0.15, 0.2) is 57.3 Å². The maximum Gasteiger partial charge on any atom is 0.255 e. The van der Waals surface area contributed by atoms with Gasteiger partial charge in [-0.25, -0.2) is 4.68 Å². The summed E-state index contributed by atoms with van der Waals surface area (Å²) in [4.78, 5) is 18.6. The number of hydrogen-bond donors (Lipinski definition) is 2. The monoisotopic (exact) mass is 615 g/mol. The van der Waals surface area contributed by atoms with Crippen LogP contribution in [0.25, 0.3) is 0 Å². The minimum Gasteiger partial charge on any atom is -0.493 e. The van der Waals surface area contributed by atoms with E-state index in [1.807, 2.05) is 57.2 Å². The Morgan fingerprint density at radius 1 is 1.18 bits per heavy atom. The maximum atomic E-state index is 13.9. The van der Waals surface area contributed by atoms with Gasteiger partial charge in [0.25, 0.3) is 5.91 Å². The third-order valence-corrected chi connectivity index (χ3v) is 7.41. The third kappa shape index (κ3) is 6.36. The number of rotatable bonds is 12. The molecule has 208 valence electrons. The normalized spacial score (nSPS) is 14.5. The summed E-state index contributed by atoms with van der Waals surface area (Å²) in [6.07, 6.45) is 1.95. The molecule has 11 heteroatoms. The number of para-hydroxylation sites is 2. The molecular weight excluding hydrogens is 582 g/mol. The second kappa shape index (κ2) is 13.3. The molecule has 3 aromatic rings. The average molecular weight is 617 g/mol. The van der Waals surface area contributed by atoms with Gasteiger partial charge in [0.05, 0.1) is 36.1 Å². The summed E-state index contributed by atoms with van der Waals surface area (Å²) in [6, 6.07) is 10.7. The van der Waals surface area contributed by atoms with Gasteiger partial charge in [-0.3, -0.25) is 4.79 Å². The average Bonchev–Trinajstić information content (AvgIpc) is 3.31. The van der Waals surface area contributed by atoms with E-state index in [4.69, 9.17) is 19.3 Å². The maximum absolute atomic E-state index is 13.9. The van der Waals surface area contributed by atoms with E-state index in [1.54, 1.807) is 11.8 Å². The number of carbonyl (C=O) groups excluding carboxylic acids is 1. The molecule has 1 atom stereocenters. The van der Waals surface area contributed by atoms with Crippen molar-refractivity contribution in [3.63, 3.8) is 0 Å². The second-order valence-corrected chi connectivity index (χ2v) is 10.9. The highest BCUT2D eigenvalue weighted by Crippen LogP contribution is 2.43. The fourth-order valence-corrected chi connectivity index (χ4v) is 5.45. The number of fused-ring (bicyclic) bond motifs is 1. The molecule has 1 amide bonds. The molecule has 2 heterocycles. The topological polar surface area (TPSA) is 99.5 Å². The van der Waals surface area contributed by atoms with Crippen LogP contribution < -0.4 is 24.8 Å². The number of ether oxygens (including phenoxy) is 3. The molecule has 1 aromatic heterocycles. The van der Waals surface area contributed by atoms with E-state index in [9.17, 15) is 4.79 Å². The highest BCUT2D eigenvalue weighted by Gasteiger charge is 2.35. The Bertz CT molecular complexity index is 1360. The van der Waals surface area contributed by atoms with Gasteiger partial charge >= 0.3 is 0 Å². The predicted molar refractivity (Wildman–Crippen MR) is 158 cm³/mol. The number of allylic oxidation sites excluding steroid dienone is 1. The zero-order chi connectivity index (χ0) is 27.9. The number of methoxy groups -OCH3 is 1. The summed E-state index contributed by atoms with van der Waals surface area (Å²) < 4.78 is 20.0. The van der Waals surface area contributed by atoms with Crippen molar-refractivity contribution in [3.05, 3.63) is 57.7 Å². The minimum atomic E-state index is -0.575. The lowest BCUT2D eigenvalue weighted by Gasteiger charge is -2.29. The summed E-state index contributed by atoms with van der Waals surface area (Å²) in [5, 5.41) is 11.7. The summed E-state index contributed by atoms with van der Waals surface area (Å²) in [5.41, 5.74) is 2.57. The Hall–Kier alpha value is -3.18. The fourth-order valence-electron chi connectivity index (χ4n) is 4.32. The molecule has 1 unspecified atom stereocenters. The van der Waals surface area contributed by atoms with Gasteiger partial charge in [0, 0.05) is 5.70 Å².